The second-order valence-corrected chi connectivity index (χ2v) is 10.0. The summed E-state index contributed by atoms with van der Waals surface area (Å²) in [7, 11) is 0. The maximum absolute atomic E-state index is 13.0. The van der Waals surface area contributed by atoms with Crippen molar-refractivity contribution in [1.29, 1.82) is 5.26 Å². The first-order valence-electron chi connectivity index (χ1n) is 13.3. The number of carbonyl (C=O) groups excluding carboxylic acids is 2. The molecule has 0 radical (unpaired) electrons. The summed E-state index contributed by atoms with van der Waals surface area (Å²) >= 11 is 0. The molecular weight excluding hydrogens is 520 g/mol. The molecule has 4 heterocycles. The maximum atomic E-state index is 13.0. The summed E-state index contributed by atoms with van der Waals surface area (Å²) in [5.41, 5.74) is 5.36. The van der Waals surface area contributed by atoms with E-state index in [1.54, 1.807) is 26.1 Å². The van der Waals surface area contributed by atoms with Crippen molar-refractivity contribution >= 4 is 34.8 Å². The molecule has 1 saturated heterocycles. The molecule has 206 valence electrons. The fourth-order valence-electron chi connectivity index (χ4n) is 5.53. The van der Waals surface area contributed by atoms with E-state index < -0.39 is 6.03 Å². The van der Waals surface area contributed by atoms with E-state index in [1.165, 1.54) is 0 Å². The lowest BCUT2D eigenvalue weighted by molar-refractivity contribution is 0.102. The molecule has 1 fully saturated rings. The molecule has 2 aliphatic rings. The van der Waals surface area contributed by atoms with Gasteiger partial charge in [0.15, 0.2) is 5.76 Å². The number of aromatic nitrogens is 2. The highest BCUT2D eigenvalue weighted by Crippen LogP contribution is 2.39. The Morgan fingerprint density at radius 3 is 2.51 bits per heavy atom. The summed E-state index contributed by atoms with van der Waals surface area (Å²) in [6, 6.07) is 19.0. The van der Waals surface area contributed by atoms with E-state index in [4.69, 9.17) is 4.52 Å². The zero-order valence-electron chi connectivity index (χ0n) is 22.6. The third kappa shape index (κ3) is 4.97. The first-order valence-corrected chi connectivity index (χ1v) is 13.3. The average molecular weight is 549 g/mol. The van der Waals surface area contributed by atoms with Gasteiger partial charge in [0.05, 0.1) is 23.5 Å². The number of hydrogen-bond donors (Lipinski definition) is 3. The van der Waals surface area contributed by atoms with Crippen LogP contribution >= 0.6 is 0 Å². The van der Waals surface area contributed by atoms with Crippen molar-refractivity contribution in [3.8, 4) is 6.07 Å². The van der Waals surface area contributed by atoms with Crippen molar-refractivity contribution in [2.45, 2.75) is 19.9 Å². The summed E-state index contributed by atoms with van der Waals surface area (Å²) in [6.45, 7) is 6.14. The normalized spacial score (nSPS) is 16.6. The number of piperazine rings is 1. The lowest BCUT2D eigenvalue weighted by atomic mass is 9.93. The van der Waals surface area contributed by atoms with E-state index in [0.717, 1.165) is 16.8 Å². The molecule has 3 N–H and O–H groups in total. The van der Waals surface area contributed by atoms with Crippen LogP contribution in [0.2, 0.25) is 0 Å². The quantitative estimate of drug-likeness (QED) is 0.334. The Kier molecular flexibility index (Phi) is 6.83. The summed E-state index contributed by atoms with van der Waals surface area (Å²) < 4.78 is 5.08. The first-order chi connectivity index (χ1) is 19.9. The van der Waals surface area contributed by atoms with Gasteiger partial charge in [0.2, 0.25) is 0 Å². The van der Waals surface area contributed by atoms with Gasteiger partial charge in [0.25, 0.3) is 5.91 Å². The molecular formula is C30H28N8O3. The minimum atomic E-state index is -0.483. The fraction of sp³-hybridized carbons (Fsp3) is 0.233. The zero-order valence-corrected chi connectivity index (χ0v) is 22.6. The van der Waals surface area contributed by atoms with Crippen molar-refractivity contribution in [3.63, 3.8) is 0 Å². The highest BCUT2D eigenvalue weighted by atomic mass is 16.5. The lowest BCUT2D eigenvalue weighted by Crippen LogP contribution is -2.48. The molecule has 0 bridgehead atoms. The lowest BCUT2D eigenvalue weighted by Gasteiger charge is -2.40. The predicted octanol–water partition coefficient (Wildman–Crippen LogP) is 4.68. The highest BCUT2D eigenvalue weighted by molar-refractivity contribution is 6.07. The molecule has 1 unspecified atom stereocenters. The van der Waals surface area contributed by atoms with E-state index in [0.29, 0.717) is 66.0 Å². The number of anilines is 4. The van der Waals surface area contributed by atoms with Gasteiger partial charge < -0.3 is 25.4 Å². The average Bonchev–Trinajstić information content (AvgIpc) is 3.23. The molecule has 41 heavy (non-hydrogen) atoms. The molecule has 2 aliphatic heterocycles. The Morgan fingerprint density at radius 2 is 1.78 bits per heavy atom. The zero-order chi connectivity index (χ0) is 28.5. The van der Waals surface area contributed by atoms with E-state index in [9.17, 15) is 14.9 Å². The Morgan fingerprint density at radius 1 is 1.05 bits per heavy atom. The number of carbonyl (C=O) groups is 2. The Hall–Kier alpha value is -5.21. The van der Waals surface area contributed by atoms with Gasteiger partial charge in [-0.15, -0.1) is 0 Å². The summed E-state index contributed by atoms with van der Waals surface area (Å²) in [5.74, 6) is 0.968. The van der Waals surface area contributed by atoms with E-state index >= 15 is 0 Å². The van der Waals surface area contributed by atoms with Crippen molar-refractivity contribution < 1.29 is 14.1 Å². The predicted molar refractivity (Wildman–Crippen MR) is 154 cm³/mol. The van der Waals surface area contributed by atoms with Crippen LogP contribution in [-0.2, 0) is 0 Å². The van der Waals surface area contributed by atoms with Crippen molar-refractivity contribution in [1.82, 2.24) is 15.0 Å². The number of hydrogen-bond acceptors (Lipinski definition) is 8. The van der Waals surface area contributed by atoms with E-state index in [1.807, 2.05) is 42.5 Å². The van der Waals surface area contributed by atoms with Crippen LogP contribution in [-0.4, -0.2) is 53.2 Å². The van der Waals surface area contributed by atoms with Crippen LogP contribution in [0.3, 0.4) is 0 Å². The molecule has 11 nitrogen and oxygen atoms in total. The molecule has 1 atom stereocenters. The molecule has 0 spiro atoms. The molecule has 4 aromatic rings. The number of nitrogens with one attached hydrogen (secondary N) is 3. The number of nitrogens with zero attached hydrogens (tertiary/aromatic N) is 5. The van der Waals surface area contributed by atoms with Gasteiger partial charge in [-0.1, -0.05) is 41.6 Å². The SMILES string of the molecule is Cc1noc(C)c1NC(=O)Nc1cnc(N2CCN(C3c4ccccc4NC(=O)c4ccccc43)CC2)c(C#N)c1. The fourth-order valence-corrected chi connectivity index (χ4v) is 5.53. The van der Waals surface area contributed by atoms with Gasteiger partial charge in [-0.2, -0.15) is 5.26 Å². The van der Waals surface area contributed by atoms with Gasteiger partial charge in [-0.05, 0) is 43.2 Å². The third-order valence-electron chi connectivity index (χ3n) is 7.50. The number of para-hydroxylation sites is 1. The number of benzene rings is 2. The van der Waals surface area contributed by atoms with Crippen molar-refractivity contribution in [3.05, 3.63) is 94.5 Å². The Bertz CT molecular complexity index is 1660. The highest BCUT2D eigenvalue weighted by Gasteiger charge is 2.33. The number of pyridine rings is 1. The van der Waals surface area contributed by atoms with Gasteiger partial charge in [-0.3, -0.25) is 9.69 Å². The minimum absolute atomic E-state index is 0.0883. The van der Waals surface area contributed by atoms with Crippen LogP contribution in [0.25, 0.3) is 0 Å². The van der Waals surface area contributed by atoms with Crippen LogP contribution in [0.4, 0.5) is 27.7 Å². The standard InChI is InChI=1S/C30H28N8O3/c1-18-26(19(2)41-36-18)35-30(40)33-21-15-20(16-31)28(32-17-21)38-13-11-37(12-14-38)27-22-7-3-4-8-23(22)29(39)34-25-10-6-5-9-24(25)27/h3-10,15,17,27H,11-14H2,1-2H3,(H,34,39)(H2,33,35,40). The number of fused-ring (bicyclic) bond motifs is 2. The molecule has 2 aromatic carbocycles. The van der Waals surface area contributed by atoms with Gasteiger partial charge in [0.1, 0.15) is 23.3 Å². The molecule has 0 aliphatic carbocycles. The van der Waals surface area contributed by atoms with Crippen LogP contribution in [0.1, 0.15) is 44.5 Å². The van der Waals surface area contributed by atoms with Crippen LogP contribution in [0.15, 0.2) is 65.3 Å². The molecule has 11 heteroatoms. The maximum Gasteiger partial charge on any atom is 0.323 e. The van der Waals surface area contributed by atoms with E-state index in [-0.39, 0.29) is 11.9 Å². The van der Waals surface area contributed by atoms with Gasteiger partial charge in [0, 0.05) is 37.4 Å². The topological polar surface area (TPSA) is 139 Å². The van der Waals surface area contributed by atoms with Crippen molar-refractivity contribution in [2.24, 2.45) is 0 Å². The molecule has 0 saturated carbocycles. The summed E-state index contributed by atoms with van der Waals surface area (Å²) in [6.07, 6.45) is 1.55. The Labute approximate surface area is 236 Å². The van der Waals surface area contributed by atoms with Crippen LogP contribution in [0, 0.1) is 25.2 Å². The molecule has 2 aromatic heterocycles. The number of aryl methyl sites for hydroxylation is 2. The number of rotatable bonds is 4. The summed E-state index contributed by atoms with van der Waals surface area (Å²) in [5, 5.41) is 22.3. The number of nitriles is 1. The van der Waals surface area contributed by atoms with Crippen molar-refractivity contribution in [2.75, 3.05) is 47.0 Å². The largest absolute Gasteiger partial charge is 0.359 e. The van der Waals surface area contributed by atoms with Gasteiger partial charge >= 0.3 is 6.03 Å². The van der Waals surface area contributed by atoms with Gasteiger partial charge in [-0.25, -0.2) is 9.78 Å². The van der Waals surface area contributed by atoms with E-state index in [2.05, 4.69) is 48.0 Å². The Balaban J connectivity index is 1.19. The monoisotopic (exact) mass is 548 g/mol. The second-order valence-electron chi connectivity index (χ2n) is 10.0. The first kappa shape index (κ1) is 26.0. The third-order valence-corrected chi connectivity index (χ3v) is 7.50. The number of amides is 3. The smallest absolute Gasteiger partial charge is 0.323 e. The van der Waals surface area contributed by atoms with Crippen LogP contribution < -0.4 is 20.9 Å². The molecule has 3 amide bonds. The number of urea groups is 1. The van der Waals surface area contributed by atoms with Crippen LogP contribution in [0.5, 0.6) is 0 Å². The second kappa shape index (κ2) is 10.7. The molecule has 6 rings (SSSR count). The minimum Gasteiger partial charge on any atom is -0.359 e. The summed E-state index contributed by atoms with van der Waals surface area (Å²) in [4.78, 5) is 34.5.